The third kappa shape index (κ3) is 6.42. The topological polar surface area (TPSA) is 77.8 Å². The van der Waals surface area contributed by atoms with Crippen LogP contribution in [-0.4, -0.2) is 34.4 Å². The van der Waals surface area contributed by atoms with E-state index in [4.69, 9.17) is 0 Å². The number of aromatic nitrogens is 1. The smallest absolute Gasteiger partial charge is 0.336 e. The third-order valence-corrected chi connectivity index (χ3v) is 5.87. The van der Waals surface area contributed by atoms with Crippen LogP contribution in [0, 0.1) is 17.1 Å². The molecule has 31 heavy (non-hydrogen) atoms. The maximum Gasteiger partial charge on any atom is 0.407 e. The molecule has 1 aromatic carbocycles. The van der Waals surface area contributed by atoms with Crippen molar-refractivity contribution in [2.24, 2.45) is 0 Å². The van der Waals surface area contributed by atoms with Crippen LogP contribution < -0.4 is 10.6 Å². The number of carbonyl (C=O) groups excluding carboxylic acids is 1. The molecule has 1 amide bonds. The van der Waals surface area contributed by atoms with Crippen LogP contribution in [0.25, 0.3) is 0 Å². The molecule has 1 fully saturated rings. The van der Waals surface area contributed by atoms with Crippen molar-refractivity contribution in [3.05, 3.63) is 65.7 Å². The second-order valence-electron chi connectivity index (χ2n) is 7.26. The minimum atomic E-state index is -4.71. The van der Waals surface area contributed by atoms with Crippen LogP contribution in [0.1, 0.15) is 30.1 Å². The fourth-order valence-electron chi connectivity index (χ4n) is 2.91. The van der Waals surface area contributed by atoms with Crippen LogP contribution in [0.3, 0.4) is 0 Å². The maximum absolute atomic E-state index is 13.8. The van der Waals surface area contributed by atoms with E-state index in [0.29, 0.717) is 18.6 Å². The number of hydrogen-bond donors (Lipinski definition) is 2. The molecule has 0 saturated heterocycles. The summed E-state index contributed by atoms with van der Waals surface area (Å²) in [5, 5.41) is 14.2. The Morgan fingerprint density at radius 2 is 1.94 bits per heavy atom. The zero-order valence-corrected chi connectivity index (χ0v) is 17.1. The Balaban J connectivity index is 1.76. The Morgan fingerprint density at radius 3 is 2.48 bits per heavy atom. The largest absolute Gasteiger partial charge is 0.407 e. The third-order valence-electron chi connectivity index (χ3n) is 4.80. The molecule has 1 aliphatic rings. The molecule has 10 heteroatoms. The summed E-state index contributed by atoms with van der Waals surface area (Å²) in [5.74, 6) is -0.904. The molecule has 0 unspecified atom stereocenters. The highest BCUT2D eigenvalue weighted by Gasteiger charge is 2.47. The van der Waals surface area contributed by atoms with Crippen LogP contribution in [0.5, 0.6) is 0 Å². The van der Waals surface area contributed by atoms with Crippen molar-refractivity contribution >= 4 is 17.7 Å². The summed E-state index contributed by atoms with van der Waals surface area (Å²) in [7, 11) is 0. The molecule has 0 aliphatic heterocycles. The molecule has 1 heterocycles. The lowest BCUT2D eigenvalue weighted by molar-refractivity contribution is -0.160. The lowest BCUT2D eigenvalue weighted by Gasteiger charge is -2.28. The lowest BCUT2D eigenvalue weighted by Crippen LogP contribution is -2.52. The molecule has 164 valence electrons. The summed E-state index contributed by atoms with van der Waals surface area (Å²) < 4.78 is 54.5. The van der Waals surface area contributed by atoms with Gasteiger partial charge >= 0.3 is 6.18 Å². The number of hydrogen-bond acceptors (Lipinski definition) is 5. The van der Waals surface area contributed by atoms with Crippen molar-refractivity contribution in [3.8, 4) is 6.07 Å². The van der Waals surface area contributed by atoms with E-state index >= 15 is 0 Å². The van der Waals surface area contributed by atoms with Crippen LogP contribution >= 0.6 is 11.8 Å². The molecule has 0 radical (unpaired) electrons. The SMILES string of the molecule is N#CC1(NC(=O)[C@H](CSCc2ccccn2)N[C@@H](c2ccc(F)cc2)C(F)(F)F)CC1. The van der Waals surface area contributed by atoms with E-state index in [2.05, 4.69) is 15.6 Å². The van der Waals surface area contributed by atoms with Gasteiger partial charge in [-0.25, -0.2) is 4.39 Å². The Labute approximate surface area is 181 Å². The molecule has 2 aromatic rings. The van der Waals surface area contributed by atoms with E-state index in [1.54, 1.807) is 24.4 Å². The highest BCUT2D eigenvalue weighted by atomic mass is 32.2. The molecule has 1 aliphatic carbocycles. The molecule has 2 atom stereocenters. The summed E-state index contributed by atoms with van der Waals surface area (Å²) in [6, 6.07) is 7.88. The second-order valence-corrected chi connectivity index (χ2v) is 8.30. The van der Waals surface area contributed by atoms with E-state index in [1.807, 2.05) is 6.07 Å². The van der Waals surface area contributed by atoms with Gasteiger partial charge < -0.3 is 5.32 Å². The molecule has 3 rings (SSSR count). The van der Waals surface area contributed by atoms with Crippen molar-refractivity contribution in [2.45, 2.75) is 42.4 Å². The van der Waals surface area contributed by atoms with Gasteiger partial charge in [0.05, 0.1) is 17.8 Å². The average molecular weight is 452 g/mol. The zero-order chi connectivity index (χ0) is 22.5. The van der Waals surface area contributed by atoms with E-state index in [1.165, 1.54) is 11.8 Å². The molecule has 0 bridgehead atoms. The lowest BCUT2D eigenvalue weighted by atomic mass is 10.0. The van der Waals surface area contributed by atoms with Crippen LogP contribution in [-0.2, 0) is 10.5 Å². The minimum Gasteiger partial charge on any atom is -0.336 e. The molecule has 0 spiro atoms. The number of nitriles is 1. The van der Waals surface area contributed by atoms with Crippen molar-refractivity contribution < 1.29 is 22.4 Å². The zero-order valence-electron chi connectivity index (χ0n) is 16.3. The Bertz CT molecular complexity index is 927. The van der Waals surface area contributed by atoms with Crippen LogP contribution in [0.4, 0.5) is 17.6 Å². The number of thioether (sulfide) groups is 1. The summed E-state index contributed by atoms with van der Waals surface area (Å²) >= 11 is 1.25. The summed E-state index contributed by atoms with van der Waals surface area (Å²) in [4.78, 5) is 16.9. The van der Waals surface area contributed by atoms with Gasteiger partial charge in [-0.3, -0.25) is 15.1 Å². The van der Waals surface area contributed by atoms with E-state index in [9.17, 15) is 27.6 Å². The molecule has 1 saturated carbocycles. The monoisotopic (exact) mass is 452 g/mol. The minimum absolute atomic E-state index is 0.0255. The van der Waals surface area contributed by atoms with Gasteiger partial charge in [-0.2, -0.15) is 30.2 Å². The van der Waals surface area contributed by atoms with E-state index < -0.39 is 35.5 Å². The number of carbonyl (C=O) groups is 1. The number of benzene rings is 1. The number of nitrogens with one attached hydrogen (secondary N) is 2. The average Bonchev–Trinajstić information content (AvgIpc) is 3.51. The summed E-state index contributed by atoms with van der Waals surface area (Å²) in [6.07, 6.45) is -2.18. The molecule has 5 nitrogen and oxygen atoms in total. The van der Waals surface area contributed by atoms with Gasteiger partial charge in [-0.15, -0.1) is 0 Å². The van der Waals surface area contributed by atoms with Gasteiger partial charge in [-0.1, -0.05) is 18.2 Å². The highest BCUT2D eigenvalue weighted by Crippen LogP contribution is 2.36. The predicted octanol–water partition coefficient (Wildman–Crippen LogP) is 3.89. The van der Waals surface area contributed by atoms with Gasteiger partial charge in [0.2, 0.25) is 5.91 Å². The van der Waals surface area contributed by atoms with Crippen molar-refractivity contribution in [3.63, 3.8) is 0 Å². The Hall–Kier alpha value is -2.64. The number of halogens is 4. The fourth-order valence-corrected chi connectivity index (χ4v) is 3.89. The quantitative estimate of drug-likeness (QED) is 0.565. The number of pyridine rings is 1. The first-order valence-corrected chi connectivity index (χ1v) is 10.7. The summed E-state index contributed by atoms with van der Waals surface area (Å²) in [5.41, 5.74) is -0.484. The highest BCUT2D eigenvalue weighted by molar-refractivity contribution is 7.98. The van der Waals surface area contributed by atoms with Crippen molar-refractivity contribution in [2.75, 3.05) is 5.75 Å². The number of nitrogens with zero attached hydrogens (tertiary/aromatic N) is 2. The van der Waals surface area contributed by atoms with E-state index in [0.717, 1.165) is 30.0 Å². The Kier molecular flexibility index (Phi) is 7.18. The predicted molar refractivity (Wildman–Crippen MR) is 108 cm³/mol. The second kappa shape index (κ2) is 9.66. The van der Waals surface area contributed by atoms with Crippen LogP contribution in [0.15, 0.2) is 48.7 Å². The van der Waals surface area contributed by atoms with Crippen LogP contribution in [0.2, 0.25) is 0 Å². The van der Waals surface area contributed by atoms with Gasteiger partial charge in [-0.05, 0) is 42.7 Å². The van der Waals surface area contributed by atoms with Gasteiger partial charge in [0.25, 0.3) is 0 Å². The number of rotatable bonds is 9. The molecule has 2 N–H and O–H groups in total. The van der Waals surface area contributed by atoms with Gasteiger partial charge in [0.15, 0.2) is 0 Å². The van der Waals surface area contributed by atoms with Gasteiger partial charge in [0, 0.05) is 17.7 Å². The number of amides is 1. The molecule has 1 aromatic heterocycles. The normalized spacial score (nSPS) is 16.7. The molecular weight excluding hydrogens is 432 g/mol. The number of alkyl halides is 3. The molecular formula is C21H20F4N4OS. The first-order chi connectivity index (χ1) is 14.7. The van der Waals surface area contributed by atoms with E-state index in [-0.39, 0.29) is 11.3 Å². The van der Waals surface area contributed by atoms with Crippen molar-refractivity contribution in [1.29, 1.82) is 5.26 Å². The first-order valence-electron chi connectivity index (χ1n) is 9.52. The fraction of sp³-hybridized carbons (Fsp3) is 0.381. The Morgan fingerprint density at radius 1 is 1.23 bits per heavy atom. The maximum atomic E-state index is 13.8. The first kappa shape index (κ1) is 23.0. The van der Waals surface area contributed by atoms with Crippen molar-refractivity contribution in [1.82, 2.24) is 15.6 Å². The van der Waals surface area contributed by atoms with Gasteiger partial charge in [0.1, 0.15) is 17.4 Å². The standard InChI is InChI=1S/C21H20F4N4OS/c22-15-6-4-14(5-7-15)18(21(23,24)25)28-17(19(30)29-20(13-26)8-9-20)12-31-11-16-3-1-2-10-27-16/h1-7,10,17-18,28H,8-9,11-12H2,(H,29,30)/t17-,18-/m0/s1. The summed E-state index contributed by atoms with van der Waals surface area (Å²) in [6.45, 7) is 0.